The predicted octanol–water partition coefficient (Wildman–Crippen LogP) is 5.99. The van der Waals surface area contributed by atoms with Crippen LogP contribution in [0.1, 0.15) is 49.5 Å². The van der Waals surface area contributed by atoms with Crippen molar-refractivity contribution >= 4 is 23.0 Å². The number of hydrogen-bond donors (Lipinski definition) is 2. The second-order valence-electron chi connectivity index (χ2n) is 7.45. The molecule has 0 unspecified atom stereocenters. The zero-order valence-electron chi connectivity index (χ0n) is 17.3. The summed E-state index contributed by atoms with van der Waals surface area (Å²) >= 11 is 0. The molecule has 0 aliphatic heterocycles. The number of para-hydroxylation sites is 3. The highest BCUT2D eigenvalue weighted by atomic mass is 16.5. The van der Waals surface area contributed by atoms with E-state index in [1.165, 1.54) is 0 Å². The van der Waals surface area contributed by atoms with Crippen molar-refractivity contribution in [3.63, 3.8) is 0 Å². The van der Waals surface area contributed by atoms with E-state index in [0.717, 1.165) is 28.4 Å². The summed E-state index contributed by atoms with van der Waals surface area (Å²) in [6.07, 6.45) is 3.31. The van der Waals surface area contributed by atoms with Gasteiger partial charge in [0.1, 0.15) is 5.75 Å². The van der Waals surface area contributed by atoms with Gasteiger partial charge in [0.15, 0.2) is 0 Å². The molecule has 0 spiro atoms. The Bertz CT molecular complexity index is 983. The van der Waals surface area contributed by atoms with Crippen molar-refractivity contribution < 1.29 is 9.53 Å². The Morgan fingerprint density at radius 1 is 0.931 bits per heavy atom. The Kier molecular flexibility index (Phi) is 6.50. The summed E-state index contributed by atoms with van der Waals surface area (Å²) in [5, 5.41) is 6.30. The van der Waals surface area contributed by atoms with Gasteiger partial charge < -0.3 is 15.4 Å². The molecule has 3 aromatic rings. The van der Waals surface area contributed by atoms with Gasteiger partial charge in [-0.2, -0.15) is 0 Å². The Morgan fingerprint density at radius 3 is 2.34 bits per heavy atom. The summed E-state index contributed by atoms with van der Waals surface area (Å²) in [6, 6.07) is 17.3. The lowest BCUT2D eigenvalue weighted by molar-refractivity contribution is 0.102. The van der Waals surface area contributed by atoms with E-state index in [9.17, 15) is 4.79 Å². The van der Waals surface area contributed by atoms with Crippen LogP contribution in [0, 0.1) is 0 Å². The highest BCUT2D eigenvalue weighted by Crippen LogP contribution is 2.29. The van der Waals surface area contributed by atoms with E-state index in [1.54, 1.807) is 18.5 Å². The Labute approximate surface area is 172 Å². The third-order valence-electron chi connectivity index (χ3n) is 4.36. The normalized spacial score (nSPS) is 10.8. The van der Waals surface area contributed by atoms with Crippen molar-refractivity contribution in [1.82, 2.24) is 4.98 Å². The molecule has 0 aliphatic carbocycles. The minimum Gasteiger partial charge on any atom is -0.489 e. The van der Waals surface area contributed by atoms with Crippen LogP contribution in [0.2, 0.25) is 0 Å². The maximum atomic E-state index is 12.8. The molecule has 0 radical (unpaired) electrons. The maximum absolute atomic E-state index is 12.8. The van der Waals surface area contributed by atoms with Crippen LogP contribution < -0.4 is 15.4 Å². The molecule has 2 N–H and O–H groups in total. The fourth-order valence-electron chi connectivity index (χ4n) is 3.02. The SMILES string of the molecule is CC(C)Oc1ccccc1Nc1cncc(C(=O)Nc2ccccc2C(C)C)c1. The highest BCUT2D eigenvalue weighted by molar-refractivity contribution is 6.05. The lowest BCUT2D eigenvalue weighted by Crippen LogP contribution is -2.14. The summed E-state index contributed by atoms with van der Waals surface area (Å²) in [4.78, 5) is 17.0. The molecule has 1 aromatic heterocycles. The van der Waals surface area contributed by atoms with Crippen molar-refractivity contribution in [2.75, 3.05) is 10.6 Å². The van der Waals surface area contributed by atoms with Crippen LogP contribution in [-0.4, -0.2) is 17.0 Å². The number of carbonyl (C=O) groups is 1. The Morgan fingerprint density at radius 2 is 1.62 bits per heavy atom. The number of amides is 1. The van der Waals surface area contributed by atoms with Gasteiger partial charge in [-0.1, -0.05) is 44.2 Å². The number of nitrogens with one attached hydrogen (secondary N) is 2. The average Bonchev–Trinajstić information content (AvgIpc) is 2.69. The van der Waals surface area contributed by atoms with Crippen LogP contribution in [0.25, 0.3) is 0 Å². The van der Waals surface area contributed by atoms with Crippen molar-refractivity contribution in [2.24, 2.45) is 0 Å². The third kappa shape index (κ3) is 5.35. The first kappa shape index (κ1) is 20.4. The molecule has 29 heavy (non-hydrogen) atoms. The fraction of sp³-hybridized carbons (Fsp3) is 0.250. The Hall–Kier alpha value is -3.34. The highest BCUT2D eigenvalue weighted by Gasteiger charge is 2.12. The van der Waals surface area contributed by atoms with Gasteiger partial charge in [-0.3, -0.25) is 9.78 Å². The number of pyridine rings is 1. The first-order chi connectivity index (χ1) is 13.9. The number of ether oxygens (including phenoxy) is 1. The van der Waals surface area contributed by atoms with Gasteiger partial charge in [-0.25, -0.2) is 0 Å². The Balaban J connectivity index is 1.79. The molecule has 5 nitrogen and oxygen atoms in total. The molecule has 0 aliphatic rings. The topological polar surface area (TPSA) is 63.2 Å². The molecule has 0 fully saturated rings. The molecule has 0 bridgehead atoms. The first-order valence-corrected chi connectivity index (χ1v) is 9.82. The van der Waals surface area contributed by atoms with Crippen LogP contribution >= 0.6 is 0 Å². The molecule has 5 heteroatoms. The molecule has 0 atom stereocenters. The van der Waals surface area contributed by atoms with Gasteiger partial charge in [0.05, 0.1) is 29.2 Å². The molecule has 1 amide bonds. The quantitative estimate of drug-likeness (QED) is 0.521. The zero-order chi connectivity index (χ0) is 20.8. The van der Waals surface area contributed by atoms with Gasteiger partial charge in [-0.05, 0) is 49.6 Å². The van der Waals surface area contributed by atoms with Gasteiger partial charge in [0.2, 0.25) is 0 Å². The van der Waals surface area contributed by atoms with Crippen LogP contribution in [0.15, 0.2) is 67.0 Å². The van der Waals surface area contributed by atoms with E-state index in [2.05, 4.69) is 29.5 Å². The molecule has 1 heterocycles. The number of benzene rings is 2. The van der Waals surface area contributed by atoms with E-state index >= 15 is 0 Å². The van der Waals surface area contributed by atoms with Crippen molar-refractivity contribution in [2.45, 2.75) is 39.7 Å². The summed E-state index contributed by atoms with van der Waals surface area (Å²) in [6.45, 7) is 8.18. The van der Waals surface area contributed by atoms with E-state index in [1.807, 2.05) is 62.4 Å². The molecule has 2 aromatic carbocycles. The van der Waals surface area contributed by atoms with E-state index in [4.69, 9.17) is 4.74 Å². The molecule has 3 rings (SSSR count). The van der Waals surface area contributed by atoms with E-state index in [-0.39, 0.29) is 12.0 Å². The van der Waals surface area contributed by atoms with Crippen molar-refractivity contribution in [3.8, 4) is 5.75 Å². The second kappa shape index (κ2) is 9.24. The number of anilines is 3. The summed E-state index contributed by atoms with van der Waals surface area (Å²) < 4.78 is 5.85. The summed E-state index contributed by atoms with van der Waals surface area (Å²) in [5.74, 6) is 0.874. The van der Waals surface area contributed by atoms with Crippen LogP contribution in [-0.2, 0) is 0 Å². The van der Waals surface area contributed by atoms with Crippen LogP contribution in [0.4, 0.5) is 17.1 Å². The number of rotatable bonds is 7. The maximum Gasteiger partial charge on any atom is 0.257 e. The molecule has 0 saturated carbocycles. The fourth-order valence-corrected chi connectivity index (χ4v) is 3.02. The standard InChI is InChI=1S/C24H27N3O2/c1-16(2)20-9-5-6-10-21(20)27-24(28)18-13-19(15-25-14-18)26-22-11-7-8-12-23(22)29-17(3)4/h5-17,26H,1-4H3,(H,27,28). The minimum atomic E-state index is -0.194. The van der Waals surface area contributed by atoms with E-state index < -0.39 is 0 Å². The van der Waals surface area contributed by atoms with Crippen molar-refractivity contribution in [3.05, 3.63) is 78.1 Å². The second-order valence-corrected chi connectivity index (χ2v) is 7.45. The number of aromatic nitrogens is 1. The smallest absolute Gasteiger partial charge is 0.257 e. The largest absolute Gasteiger partial charge is 0.489 e. The average molecular weight is 389 g/mol. The predicted molar refractivity (Wildman–Crippen MR) is 118 cm³/mol. The molecular formula is C24H27N3O2. The molecule has 150 valence electrons. The number of nitrogens with zero attached hydrogens (tertiary/aromatic N) is 1. The molecule has 0 saturated heterocycles. The van der Waals surface area contributed by atoms with Gasteiger partial charge in [-0.15, -0.1) is 0 Å². The van der Waals surface area contributed by atoms with E-state index in [0.29, 0.717) is 11.5 Å². The lowest BCUT2D eigenvalue weighted by atomic mass is 10.0. The monoisotopic (exact) mass is 389 g/mol. The summed E-state index contributed by atoms with van der Waals surface area (Å²) in [5.41, 5.74) is 3.94. The molecular weight excluding hydrogens is 362 g/mol. The summed E-state index contributed by atoms with van der Waals surface area (Å²) in [7, 11) is 0. The van der Waals surface area contributed by atoms with Crippen molar-refractivity contribution in [1.29, 1.82) is 0 Å². The van der Waals surface area contributed by atoms with Gasteiger partial charge in [0.25, 0.3) is 5.91 Å². The minimum absolute atomic E-state index is 0.0641. The number of carbonyl (C=O) groups excluding carboxylic acids is 1. The van der Waals surface area contributed by atoms with Gasteiger partial charge >= 0.3 is 0 Å². The third-order valence-corrected chi connectivity index (χ3v) is 4.36. The van der Waals surface area contributed by atoms with Crippen LogP contribution in [0.3, 0.4) is 0 Å². The lowest BCUT2D eigenvalue weighted by Gasteiger charge is -2.16. The van der Waals surface area contributed by atoms with Crippen LogP contribution in [0.5, 0.6) is 5.75 Å². The number of hydrogen-bond acceptors (Lipinski definition) is 4. The zero-order valence-corrected chi connectivity index (χ0v) is 17.3. The van der Waals surface area contributed by atoms with Gasteiger partial charge in [0, 0.05) is 11.9 Å². The first-order valence-electron chi connectivity index (χ1n) is 9.82.